The zero-order valence-corrected chi connectivity index (χ0v) is 18.2. The number of hydrogen-bond acceptors (Lipinski definition) is 8. The lowest BCUT2D eigenvalue weighted by Crippen LogP contribution is -2.19. The Balaban J connectivity index is 1.41. The van der Waals surface area contributed by atoms with Gasteiger partial charge < -0.3 is 14.6 Å². The third kappa shape index (κ3) is 5.06. The number of halogens is 1. The lowest BCUT2D eigenvalue weighted by Gasteiger charge is -2.12. The summed E-state index contributed by atoms with van der Waals surface area (Å²) in [6, 6.07) is 6.73. The molecule has 0 radical (unpaired) electrons. The number of carbonyl (C=O) groups excluding carboxylic acids is 1. The van der Waals surface area contributed by atoms with Crippen molar-refractivity contribution in [1.82, 2.24) is 19.5 Å². The second-order valence-electron chi connectivity index (χ2n) is 7.79. The van der Waals surface area contributed by atoms with Crippen molar-refractivity contribution in [3.63, 3.8) is 0 Å². The van der Waals surface area contributed by atoms with E-state index in [2.05, 4.69) is 30.1 Å². The summed E-state index contributed by atoms with van der Waals surface area (Å²) in [4.78, 5) is 20.5. The normalized spacial score (nSPS) is 11.2. The number of anilines is 2. The number of urea groups is 1. The third-order valence-electron chi connectivity index (χ3n) is 4.27. The lowest BCUT2D eigenvalue weighted by atomic mass is 9.92. The van der Waals surface area contributed by atoms with Crippen LogP contribution >= 0.6 is 11.5 Å². The van der Waals surface area contributed by atoms with Crippen LogP contribution in [0.25, 0.3) is 11.3 Å². The predicted molar refractivity (Wildman–Crippen MR) is 117 cm³/mol. The van der Waals surface area contributed by atoms with Gasteiger partial charge in [0.05, 0.1) is 23.3 Å². The Kier molecular flexibility index (Phi) is 5.82. The molecule has 2 N–H and O–H groups in total. The van der Waals surface area contributed by atoms with Crippen LogP contribution in [-0.2, 0) is 5.41 Å². The molecule has 0 spiro atoms. The van der Waals surface area contributed by atoms with Gasteiger partial charge in [-0.15, -0.1) is 0 Å². The van der Waals surface area contributed by atoms with Crippen molar-refractivity contribution in [3.05, 3.63) is 59.6 Å². The van der Waals surface area contributed by atoms with Gasteiger partial charge in [0.1, 0.15) is 11.6 Å². The predicted octanol–water partition coefficient (Wildman–Crippen LogP) is 5.46. The summed E-state index contributed by atoms with van der Waals surface area (Å²) in [6.45, 7) is 5.90. The summed E-state index contributed by atoms with van der Waals surface area (Å²) in [5.74, 6) is -0.353. The number of ether oxygens (including phenoxy) is 1. The Labute approximate surface area is 186 Å². The second kappa shape index (κ2) is 8.71. The van der Waals surface area contributed by atoms with Gasteiger partial charge in [-0.3, -0.25) is 5.32 Å². The molecule has 4 aromatic rings. The second-order valence-corrected chi connectivity index (χ2v) is 8.44. The van der Waals surface area contributed by atoms with Gasteiger partial charge in [0.15, 0.2) is 0 Å². The van der Waals surface area contributed by atoms with Gasteiger partial charge in [-0.05, 0) is 29.7 Å². The van der Waals surface area contributed by atoms with Crippen LogP contribution in [-0.4, -0.2) is 25.5 Å². The first kappa shape index (κ1) is 21.4. The molecule has 3 heterocycles. The van der Waals surface area contributed by atoms with Crippen molar-refractivity contribution in [2.24, 2.45) is 0 Å². The van der Waals surface area contributed by atoms with Gasteiger partial charge >= 0.3 is 12.0 Å². The largest absolute Gasteiger partial charge is 0.424 e. The van der Waals surface area contributed by atoms with Crippen molar-refractivity contribution in [1.29, 1.82) is 0 Å². The summed E-state index contributed by atoms with van der Waals surface area (Å²) in [6.07, 6.45) is 3.23. The van der Waals surface area contributed by atoms with Gasteiger partial charge in [-0.2, -0.15) is 4.98 Å². The maximum Gasteiger partial charge on any atom is 0.326 e. The Morgan fingerprint density at radius 2 is 2.03 bits per heavy atom. The minimum atomic E-state index is -0.691. The van der Waals surface area contributed by atoms with Crippen LogP contribution in [0.5, 0.6) is 11.8 Å². The first-order valence-corrected chi connectivity index (χ1v) is 10.4. The van der Waals surface area contributed by atoms with Gasteiger partial charge in [-0.25, -0.2) is 18.5 Å². The summed E-state index contributed by atoms with van der Waals surface area (Å²) in [5, 5.41) is 10.7. The van der Waals surface area contributed by atoms with E-state index in [1.165, 1.54) is 23.7 Å². The number of carbonyl (C=O) groups is 1. The molecule has 11 heteroatoms. The first-order valence-electron chi connectivity index (χ1n) is 9.53. The molecule has 0 aliphatic heterocycles. The molecule has 2 amide bonds. The number of aromatic nitrogens is 4. The maximum atomic E-state index is 14.5. The lowest BCUT2D eigenvalue weighted by molar-refractivity contribution is 0.261. The molecule has 0 saturated carbocycles. The zero-order valence-electron chi connectivity index (χ0n) is 17.4. The van der Waals surface area contributed by atoms with E-state index in [4.69, 9.17) is 9.26 Å². The number of amides is 2. The van der Waals surface area contributed by atoms with E-state index >= 15 is 0 Å². The van der Waals surface area contributed by atoms with Gasteiger partial charge in [-0.1, -0.05) is 25.9 Å². The third-order valence-corrected chi connectivity index (χ3v) is 4.86. The molecule has 4 rings (SSSR count). The molecule has 0 unspecified atom stereocenters. The standard InChI is InChI=1S/C21H19FN6O3S/c1-21(2,3)17-9-18(31-28-17)27-19(29)25-16-5-4-13(8-14(16)22)30-20-23-7-6-15(26-20)12-10-24-32-11-12/h4-11H,1-3H3,(H2,25,27,29). The summed E-state index contributed by atoms with van der Waals surface area (Å²) in [5.41, 5.74) is 1.89. The average Bonchev–Trinajstić information content (AvgIpc) is 3.42. The number of nitrogens with one attached hydrogen (secondary N) is 2. The Bertz CT molecular complexity index is 1240. The topological polar surface area (TPSA) is 115 Å². The van der Waals surface area contributed by atoms with Crippen molar-refractivity contribution in [2.45, 2.75) is 26.2 Å². The highest BCUT2D eigenvalue weighted by molar-refractivity contribution is 7.03. The molecular weight excluding hydrogens is 435 g/mol. The highest BCUT2D eigenvalue weighted by atomic mass is 32.1. The quantitative estimate of drug-likeness (QED) is 0.411. The van der Waals surface area contributed by atoms with Crippen molar-refractivity contribution in [2.75, 3.05) is 10.6 Å². The SMILES string of the molecule is CC(C)(C)c1cc(NC(=O)Nc2ccc(Oc3nccc(-c4cnsc4)n3)cc2F)on1. The van der Waals surface area contributed by atoms with Gasteiger partial charge in [0.25, 0.3) is 0 Å². The fourth-order valence-electron chi connectivity index (χ4n) is 2.60. The number of rotatable bonds is 5. The fourth-order valence-corrected chi connectivity index (χ4v) is 3.13. The molecule has 0 saturated heterocycles. The highest BCUT2D eigenvalue weighted by Gasteiger charge is 2.20. The zero-order chi connectivity index (χ0) is 22.7. The van der Waals surface area contributed by atoms with E-state index < -0.39 is 11.8 Å². The van der Waals surface area contributed by atoms with E-state index in [9.17, 15) is 9.18 Å². The average molecular weight is 454 g/mol. The molecule has 164 valence electrons. The number of hydrogen-bond donors (Lipinski definition) is 2. The van der Waals surface area contributed by atoms with E-state index in [1.807, 2.05) is 26.2 Å². The van der Waals surface area contributed by atoms with Crippen LogP contribution in [0.2, 0.25) is 0 Å². The van der Waals surface area contributed by atoms with Gasteiger partial charge in [0.2, 0.25) is 5.88 Å². The van der Waals surface area contributed by atoms with Crippen molar-refractivity contribution >= 4 is 29.1 Å². The molecule has 3 aromatic heterocycles. The molecular formula is C21H19FN6O3S. The Hall–Kier alpha value is -3.86. The van der Waals surface area contributed by atoms with Gasteiger partial charge in [0, 0.05) is 34.7 Å². The fraction of sp³-hybridized carbons (Fsp3) is 0.190. The number of benzene rings is 1. The van der Waals surface area contributed by atoms with E-state index in [0.29, 0.717) is 11.4 Å². The van der Waals surface area contributed by atoms with Crippen LogP contribution in [0.15, 0.2) is 52.6 Å². The van der Waals surface area contributed by atoms with Crippen molar-refractivity contribution < 1.29 is 18.4 Å². The Morgan fingerprint density at radius 1 is 1.19 bits per heavy atom. The first-order chi connectivity index (χ1) is 15.3. The molecule has 9 nitrogen and oxygen atoms in total. The van der Waals surface area contributed by atoms with Crippen LogP contribution in [0.1, 0.15) is 26.5 Å². The van der Waals surface area contributed by atoms with Crippen LogP contribution in [0.4, 0.5) is 20.8 Å². The molecule has 0 bridgehead atoms. The van der Waals surface area contributed by atoms with Crippen LogP contribution in [0, 0.1) is 5.82 Å². The molecule has 0 atom stereocenters. The minimum absolute atomic E-state index is 0.0376. The molecule has 0 aliphatic carbocycles. The molecule has 0 aliphatic rings. The van der Waals surface area contributed by atoms with E-state index in [1.54, 1.807) is 24.5 Å². The molecule has 32 heavy (non-hydrogen) atoms. The molecule has 0 fully saturated rings. The summed E-state index contributed by atoms with van der Waals surface area (Å²) in [7, 11) is 0. The monoisotopic (exact) mass is 454 g/mol. The van der Waals surface area contributed by atoms with Crippen LogP contribution in [0.3, 0.4) is 0 Å². The van der Waals surface area contributed by atoms with Crippen LogP contribution < -0.4 is 15.4 Å². The van der Waals surface area contributed by atoms with E-state index in [0.717, 1.165) is 11.6 Å². The molecule has 1 aromatic carbocycles. The van der Waals surface area contributed by atoms with E-state index in [-0.39, 0.29) is 28.7 Å². The maximum absolute atomic E-state index is 14.5. The summed E-state index contributed by atoms with van der Waals surface area (Å²) >= 11 is 1.31. The smallest absolute Gasteiger partial charge is 0.326 e. The highest BCUT2D eigenvalue weighted by Crippen LogP contribution is 2.26. The Morgan fingerprint density at radius 3 is 2.72 bits per heavy atom. The van der Waals surface area contributed by atoms with Crippen molar-refractivity contribution in [3.8, 4) is 23.0 Å². The minimum Gasteiger partial charge on any atom is -0.424 e. The number of nitrogens with zero attached hydrogens (tertiary/aromatic N) is 4. The summed E-state index contributed by atoms with van der Waals surface area (Å²) < 4.78 is 29.2.